The van der Waals surface area contributed by atoms with Gasteiger partial charge >= 0.3 is 0 Å². The van der Waals surface area contributed by atoms with Gasteiger partial charge in [0, 0.05) is 12.6 Å². The molecule has 70 valence electrons. The molecule has 2 nitrogen and oxygen atoms in total. The fraction of sp³-hybridized carbons (Fsp3) is 1.00. The van der Waals surface area contributed by atoms with Crippen LogP contribution in [0.5, 0.6) is 0 Å². The van der Waals surface area contributed by atoms with Gasteiger partial charge in [-0.1, -0.05) is 6.92 Å². The summed E-state index contributed by atoms with van der Waals surface area (Å²) in [6, 6.07) is 0.792. The van der Waals surface area contributed by atoms with Crippen LogP contribution in [0.1, 0.15) is 19.8 Å². The number of piperidine rings is 2. The molecule has 2 aliphatic rings. The fourth-order valence-corrected chi connectivity index (χ4v) is 2.63. The highest BCUT2D eigenvalue weighted by molar-refractivity contribution is 4.89. The van der Waals surface area contributed by atoms with E-state index in [2.05, 4.69) is 24.2 Å². The minimum atomic E-state index is 0.792. The van der Waals surface area contributed by atoms with Crippen LogP contribution >= 0.6 is 0 Å². The lowest BCUT2D eigenvalue weighted by Gasteiger charge is -2.42. The molecule has 0 aromatic carbocycles. The molecule has 0 saturated carbocycles. The second kappa shape index (κ2) is 3.35. The fourth-order valence-electron chi connectivity index (χ4n) is 2.63. The Hall–Kier alpha value is -0.0800. The van der Waals surface area contributed by atoms with Gasteiger partial charge in [-0.25, -0.2) is 0 Å². The minimum Gasteiger partial charge on any atom is -0.312 e. The summed E-state index contributed by atoms with van der Waals surface area (Å²) in [6.07, 6.45) is 2.85. The van der Waals surface area contributed by atoms with E-state index in [0.29, 0.717) is 0 Å². The molecule has 0 spiro atoms. The van der Waals surface area contributed by atoms with Crippen LogP contribution in [0.25, 0.3) is 0 Å². The molecule has 12 heavy (non-hydrogen) atoms. The summed E-state index contributed by atoms with van der Waals surface area (Å²) in [6.45, 7) is 6.16. The first-order valence-corrected chi connectivity index (χ1v) is 5.17. The first-order chi connectivity index (χ1) is 5.75. The number of rotatable bonds is 0. The minimum absolute atomic E-state index is 0.792. The zero-order chi connectivity index (χ0) is 8.55. The van der Waals surface area contributed by atoms with Gasteiger partial charge in [0.25, 0.3) is 0 Å². The Bertz CT molecular complexity index is 140. The van der Waals surface area contributed by atoms with Crippen LogP contribution in [-0.4, -0.2) is 37.6 Å². The number of likely N-dealkylation sites (N-methyl/N-ethyl adjacent to an activating group) is 1. The maximum absolute atomic E-state index is 3.66. The molecule has 0 aromatic rings. The normalized spacial score (nSPS) is 44.0. The van der Waals surface area contributed by atoms with E-state index in [-0.39, 0.29) is 0 Å². The smallest absolute Gasteiger partial charge is 0.0223 e. The van der Waals surface area contributed by atoms with Crippen molar-refractivity contribution in [2.75, 3.05) is 26.7 Å². The average Bonchev–Trinajstić information content (AvgIpc) is 2.05. The van der Waals surface area contributed by atoms with Crippen molar-refractivity contribution in [3.8, 4) is 0 Å². The van der Waals surface area contributed by atoms with Gasteiger partial charge in [0.2, 0.25) is 0 Å². The SMILES string of the molecule is CC1CNC2CN(C)CCC2C1. The first kappa shape index (κ1) is 8.52. The molecule has 0 amide bonds. The van der Waals surface area contributed by atoms with Gasteiger partial charge in [0.1, 0.15) is 0 Å². The number of fused-ring (bicyclic) bond motifs is 1. The van der Waals surface area contributed by atoms with Crippen molar-refractivity contribution in [1.82, 2.24) is 10.2 Å². The van der Waals surface area contributed by atoms with Crippen molar-refractivity contribution in [2.24, 2.45) is 11.8 Å². The highest BCUT2D eigenvalue weighted by Crippen LogP contribution is 2.27. The zero-order valence-corrected chi connectivity index (χ0v) is 8.21. The van der Waals surface area contributed by atoms with Gasteiger partial charge in [-0.3, -0.25) is 0 Å². The van der Waals surface area contributed by atoms with Crippen molar-refractivity contribution in [3.63, 3.8) is 0 Å². The van der Waals surface area contributed by atoms with Crippen LogP contribution in [0.4, 0.5) is 0 Å². The first-order valence-electron chi connectivity index (χ1n) is 5.17. The Kier molecular flexibility index (Phi) is 2.37. The number of likely N-dealkylation sites (tertiary alicyclic amines) is 1. The van der Waals surface area contributed by atoms with Gasteiger partial charge in [-0.05, 0) is 44.8 Å². The molecule has 3 atom stereocenters. The van der Waals surface area contributed by atoms with Crippen LogP contribution < -0.4 is 5.32 Å². The Balaban J connectivity index is 1.94. The number of nitrogens with zero attached hydrogens (tertiary/aromatic N) is 1. The molecule has 0 radical (unpaired) electrons. The van der Waals surface area contributed by atoms with Crippen LogP contribution in [0, 0.1) is 11.8 Å². The zero-order valence-electron chi connectivity index (χ0n) is 8.21. The molecule has 0 bridgehead atoms. The van der Waals surface area contributed by atoms with Crippen LogP contribution in [0.15, 0.2) is 0 Å². The molecule has 2 heterocycles. The van der Waals surface area contributed by atoms with Gasteiger partial charge in [-0.15, -0.1) is 0 Å². The highest BCUT2D eigenvalue weighted by Gasteiger charge is 2.31. The predicted molar refractivity (Wildman–Crippen MR) is 51.2 cm³/mol. The topological polar surface area (TPSA) is 15.3 Å². The lowest BCUT2D eigenvalue weighted by atomic mass is 9.81. The molecule has 2 saturated heterocycles. The quantitative estimate of drug-likeness (QED) is 0.579. The summed E-state index contributed by atoms with van der Waals surface area (Å²) in [5, 5.41) is 3.66. The van der Waals surface area contributed by atoms with Crippen molar-refractivity contribution in [2.45, 2.75) is 25.8 Å². The van der Waals surface area contributed by atoms with Crippen LogP contribution in [0.3, 0.4) is 0 Å². The maximum atomic E-state index is 3.66. The van der Waals surface area contributed by atoms with Gasteiger partial charge in [0.15, 0.2) is 0 Å². The van der Waals surface area contributed by atoms with Gasteiger partial charge < -0.3 is 10.2 Å². The number of nitrogens with one attached hydrogen (secondary N) is 1. The predicted octanol–water partition coefficient (Wildman–Crippen LogP) is 0.936. The van der Waals surface area contributed by atoms with E-state index in [9.17, 15) is 0 Å². The molecule has 3 unspecified atom stereocenters. The summed E-state index contributed by atoms with van der Waals surface area (Å²) in [4.78, 5) is 2.45. The number of hydrogen-bond acceptors (Lipinski definition) is 2. The van der Waals surface area contributed by atoms with Gasteiger partial charge in [0.05, 0.1) is 0 Å². The van der Waals surface area contributed by atoms with Crippen molar-refractivity contribution in [3.05, 3.63) is 0 Å². The van der Waals surface area contributed by atoms with Crippen molar-refractivity contribution >= 4 is 0 Å². The van der Waals surface area contributed by atoms with Gasteiger partial charge in [-0.2, -0.15) is 0 Å². The van der Waals surface area contributed by atoms with Crippen molar-refractivity contribution in [1.29, 1.82) is 0 Å². The third kappa shape index (κ3) is 1.64. The monoisotopic (exact) mass is 168 g/mol. The lowest BCUT2D eigenvalue weighted by Crippen LogP contribution is -2.54. The molecular formula is C10H20N2. The standard InChI is InChI=1S/C10H20N2/c1-8-5-9-3-4-12(2)7-10(9)11-6-8/h8-11H,3-7H2,1-2H3. The second-order valence-corrected chi connectivity index (χ2v) is 4.67. The third-order valence-corrected chi connectivity index (χ3v) is 3.39. The summed E-state index contributed by atoms with van der Waals surface area (Å²) in [7, 11) is 2.23. The molecule has 2 aliphatic heterocycles. The molecule has 2 heteroatoms. The van der Waals surface area contributed by atoms with E-state index in [1.165, 1.54) is 32.5 Å². The second-order valence-electron chi connectivity index (χ2n) is 4.67. The van der Waals surface area contributed by atoms with E-state index in [0.717, 1.165) is 17.9 Å². The van der Waals surface area contributed by atoms with E-state index in [1.807, 2.05) is 0 Å². The molecule has 1 N–H and O–H groups in total. The van der Waals surface area contributed by atoms with E-state index >= 15 is 0 Å². The summed E-state index contributed by atoms with van der Waals surface area (Å²) in [5.74, 6) is 1.86. The summed E-state index contributed by atoms with van der Waals surface area (Å²) in [5.41, 5.74) is 0. The van der Waals surface area contributed by atoms with E-state index in [1.54, 1.807) is 0 Å². The van der Waals surface area contributed by atoms with E-state index < -0.39 is 0 Å². The Labute approximate surface area is 75.3 Å². The summed E-state index contributed by atoms with van der Waals surface area (Å²) < 4.78 is 0. The third-order valence-electron chi connectivity index (χ3n) is 3.39. The Morgan fingerprint density at radius 3 is 3.08 bits per heavy atom. The molecule has 0 aliphatic carbocycles. The van der Waals surface area contributed by atoms with Crippen LogP contribution in [0.2, 0.25) is 0 Å². The average molecular weight is 168 g/mol. The largest absolute Gasteiger partial charge is 0.312 e. The molecular weight excluding hydrogens is 148 g/mol. The molecule has 2 rings (SSSR count). The molecule has 0 aromatic heterocycles. The lowest BCUT2D eigenvalue weighted by molar-refractivity contribution is 0.117. The van der Waals surface area contributed by atoms with Crippen molar-refractivity contribution < 1.29 is 0 Å². The summed E-state index contributed by atoms with van der Waals surface area (Å²) >= 11 is 0. The van der Waals surface area contributed by atoms with E-state index in [4.69, 9.17) is 0 Å². The van der Waals surface area contributed by atoms with Crippen LogP contribution in [-0.2, 0) is 0 Å². The Morgan fingerprint density at radius 1 is 1.42 bits per heavy atom. The molecule has 2 fully saturated rings. The number of hydrogen-bond donors (Lipinski definition) is 1. The highest BCUT2D eigenvalue weighted by atomic mass is 15.1. The Morgan fingerprint density at radius 2 is 2.25 bits per heavy atom. The maximum Gasteiger partial charge on any atom is 0.0223 e.